The smallest absolute Gasteiger partial charge is 0.0613 e. The first kappa shape index (κ1) is 13.2. The van der Waals surface area contributed by atoms with E-state index in [9.17, 15) is 5.11 Å². The van der Waals surface area contributed by atoms with Crippen LogP contribution in [-0.2, 0) is 0 Å². The molecule has 1 fully saturated rings. The fourth-order valence-electron chi connectivity index (χ4n) is 2.28. The van der Waals surface area contributed by atoms with Gasteiger partial charge in [0.2, 0.25) is 0 Å². The van der Waals surface area contributed by atoms with Crippen molar-refractivity contribution in [2.24, 2.45) is 0 Å². The molecule has 1 aromatic carbocycles. The van der Waals surface area contributed by atoms with Crippen LogP contribution in [0.5, 0.6) is 0 Å². The summed E-state index contributed by atoms with van der Waals surface area (Å²) in [6.45, 7) is 2.27. The molecule has 1 unspecified atom stereocenters. The Bertz CT molecular complexity index is 399. The standard InChI is InChI=1S/C13H17Cl2NO/c1-9(16-13(8-17)5-2-6-13)10-3-4-11(14)12(15)7-10/h3-4,7,9,16-17H,2,5-6,8H2,1H3. The summed E-state index contributed by atoms with van der Waals surface area (Å²) in [5.41, 5.74) is 1.00. The molecular weight excluding hydrogens is 257 g/mol. The van der Waals surface area contributed by atoms with Gasteiger partial charge in [-0.1, -0.05) is 29.3 Å². The van der Waals surface area contributed by atoms with Gasteiger partial charge in [0.05, 0.1) is 16.7 Å². The van der Waals surface area contributed by atoms with Crippen LogP contribution in [0.3, 0.4) is 0 Å². The predicted octanol–water partition coefficient (Wildman–Crippen LogP) is 3.56. The molecular formula is C13H17Cl2NO. The summed E-state index contributed by atoms with van der Waals surface area (Å²) in [5, 5.41) is 14.1. The van der Waals surface area contributed by atoms with E-state index in [1.807, 2.05) is 18.2 Å². The zero-order chi connectivity index (χ0) is 12.5. The minimum absolute atomic E-state index is 0.0917. The summed E-state index contributed by atoms with van der Waals surface area (Å²) < 4.78 is 0. The summed E-state index contributed by atoms with van der Waals surface area (Å²) in [7, 11) is 0. The van der Waals surface area contributed by atoms with Gasteiger partial charge in [-0.3, -0.25) is 0 Å². The van der Waals surface area contributed by atoms with Crippen molar-refractivity contribution in [3.63, 3.8) is 0 Å². The maximum absolute atomic E-state index is 9.42. The lowest BCUT2D eigenvalue weighted by atomic mass is 9.76. The van der Waals surface area contributed by atoms with E-state index in [-0.39, 0.29) is 18.2 Å². The molecule has 0 bridgehead atoms. The summed E-state index contributed by atoms with van der Waals surface area (Å²) >= 11 is 11.9. The molecule has 1 atom stereocenters. The number of hydrogen-bond acceptors (Lipinski definition) is 2. The Kier molecular flexibility index (Phi) is 3.99. The van der Waals surface area contributed by atoms with Crippen molar-refractivity contribution >= 4 is 23.2 Å². The van der Waals surface area contributed by atoms with Crippen LogP contribution in [0, 0.1) is 0 Å². The number of aliphatic hydroxyl groups is 1. The van der Waals surface area contributed by atoms with Crippen molar-refractivity contribution < 1.29 is 5.11 Å². The molecule has 1 aliphatic carbocycles. The average Bonchev–Trinajstić information content (AvgIpc) is 2.27. The molecule has 0 aromatic heterocycles. The third kappa shape index (κ3) is 2.76. The number of benzene rings is 1. The fraction of sp³-hybridized carbons (Fsp3) is 0.538. The first-order valence-electron chi connectivity index (χ1n) is 5.90. The summed E-state index contributed by atoms with van der Waals surface area (Å²) in [5.74, 6) is 0. The molecule has 17 heavy (non-hydrogen) atoms. The van der Waals surface area contributed by atoms with Gasteiger partial charge in [0.25, 0.3) is 0 Å². The molecule has 0 saturated heterocycles. The van der Waals surface area contributed by atoms with E-state index in [4.69, 9.17) is 23.2 Å². The van der Waals surface area contributed by atoms with Crippen molar-refractivity contribution in [2.45, 2.75) is 37.8 Å². The molecule has 1 saturated carbocycles. The minimum Gasteiger partial charge on any atom is -0.394 e. The molecule has 0 heterocycles. The largest absolute Gasteiger partial charge is 0.394 e. The van der Waals surface area contributed by atoms with E-state index < -0.39 is 0 Å². The lowest BCUT2D eigenvalue weighted by molar-refractivity contribution is 0.0787. The lowest BCUT2D eigenvalue weighted by Gasteiger charge is -2.43. The van der Waals surface area contributed by atoms with Gasteiger partial charge >= 0.3 is 0 Å². The van der Waals surface area contributed by atoms with Crippen molar-refractivity contribution in [1.82, 2.24) is 5.32 Å². The topological polar surface area (TPSA) is 32.3 Å². The van der Waals surface area contributed by atoms with Gasteiger partial charge in [0, 0.05) is 11.6 Å². The highest BCUT2D eigenvalue weighted by atomic mass is 35.5. The second kappa shape index (κ2) is 5.15. The van der Waals surface area contributed by atoms with E-state index in [2.05, 4.69) is 12.2 Å². The third-order valence-corrected chi connectivity index (χ3v) is 4.32. The van der Waals surface area contributed by atoms with Crippen LogP contribution in [0.25, 0.3) is 0 Å². The average molecular weight is 274 g/mol. The molecule has 0 amide bonds. The minimum atomic E-state index is -0.0917. The molecule has 2 rings (SSSR count). The number of rotatable bonds is 4. The number of nitrogens with one attached hydrogen (secondary N) is 1. The molecule has 0 spiro atoms. The lowest BCUT2D eigenvalue weighted by Crippen LogP contribution is -2.54. The van der Waals surface area contributed by atoms with Gasteiger partial charge in [-0.2, -0.15) is 0 Å². The normalized spacial score (nSPS) is 19.8. The Morgan fingerprint density at radius 1 is 1.35 bits per heavy atom. The summed E-state index contributed by atoms with van der Waals surface area (Å²) in [6, 6.07) is 5.82. The van der Waals surface area contributed by atoms with E-state index >= 15 is 0 Å². The Balaban J connectivity index is 2.08. The molecule has 2 N–H and O–H groups in total. The second-order valence-corrected chi connectivity index (χ2v) is 5.65. The van der Waals surface area contributed by atoms with E-state index in [1.54, 1.807) is 0 Å². The van der Waals surface area contributed by atoms with E-state index in [1.165, 1.54) is 6.42 Å². The summed E-state index contributed by atoms with van der Waals surface area (Å²) in [6.07, 6.45) is 3.26. The van der Waals surface area contributed by atoms with Crippen LogP contribution in [0.1, 0.15) is 37.8 Å². The molecule has 0 aliphatic heterocycles. The second-order valence-electron chi connectivity index (χ2n) is 4.83. The zero-order valence-electron chi connectivity index (χ0n) is 9.84. The zero-order valence-corrected chi connectivity index (χ0v) is 11.4. The first-order chi connectivity index (χ1) is 8.06. The van der Waals surface area contributed by atoms with Crippen LogP contribution in [0.15, 0.2) is 18.2 Å². The number of halogens is 2. The maximum atomic E-state index is 9.42. The van der Waals surface area contributed by atoms with Gasteiger partial charge < -0.3 is 10.4 Å². The predicted molar refractivity (Wildman–Crippen MR) is 71.7 cm³/mol. The quantitative estimate of drug-likeness (QED) is 0.879. The van der Waals surface area contributed by atoms with Crippen LogP contribution in [0.2, 0.25) is 10.0 Å². The van der Waals surface area contributed by atoms with Crippen molar-refractivity contribution in [3.05, 3.63) is 33.8 Å². The molecule has 1 aromatic rings. The van der Waals surface area contributed by atoms with Crippen LogP contribution >= 0.6 is 23.2 Å². The SMILES string of the molecule is CC(NC1(CO)CCC1)c1ccc(Cl)c(Cl)c1. The van der Waals surface area contributed by atoms with Gasteiger partial charge in [0.1, 0.15) is 0 Å². The van der Waals surface area contributed by atoms with Crippen LogP contribution < -0.4 is 5.32 Å². The Morgan fingerprint density at radius 3 is 2.53 bits per heavy atom. The van der Waals surface area contributed by atoms with Crippen molar-refractivity contribution in [1.29, 1.82) is 0 Å². The number of aliphatic hydroxyl groups excluding tert-OH is 1. The Morgan fingerprint density at radius 2 is 2.06 bits per heavy atom. The highest BCUT2D eigenvalue weighted by molar-refractivity contribution is 6.42. The number of hydrogen-bond donors (Lipinski definition) is 2. The van der Waals surface area contributed by atoms with Crippen LogP contribution in [0.4, 0.5) is 0 Å². The van der Waals surface area contributed by atoms with E-state index in [0.717, 1.165) is 18.4 Å². The monoisotopic (exact) mass is 273 g/mol. The molecule has 1 aliphatic rings. The van der Waals surface area contributed by atoms with Gasteiger partial charge in [-0.15, -0.1) is 0 Å². The molecule has 94 valence electrons. The fourth-order valence-corrected chi connectivity index (χ4v) is 2.58. The summed E-state index contributed by atoms with van der Waals surface area (Å²) in [4.78, 5) is 0. The highest BCUT2D eigenvalue weighted by Gasteiger charge is 2.37. The third-order valence-electron chi connectivity index (χ3n) is 3.58. The van der Waals surface area contributed by atoms with E-state index in [0.29, 0.717) is 10.0 Å². The Labute approximate surface area is 112 Å². The van der Waals surface area contributed by atoms with Crippen molar-refractivity contribution in [2.75, 3.05) is 6.61 Å². The maximum Gasteiger partial charge on any atom is 0.0613 e. The van der Waals surface area contributed by atoms with Gasteiger partial charge in [-0.25, -0.2) is 0 Å². The molecule has 0 radical (unpaired) electrons. The first-order valence-corrected chi connectivity index (χ1v) is 6.65. The molecule has 4 heteroatoms. The van der Waals surface area contributed by atoms with Crippen molar-refractivity contribution in [3.8, 4) is 0 Å². The highest BCUT2D eigenvalue weighted by Crippen LogP contribution is 2.34. The van der Waals surface area contributed by atoms with Gasteiger partial charge in [0.15, 0.2) is 0 Å². The van der Waals surface area contributed by atoms with Crippen LogP contribution in [-0.4, -0.2) is 17.3 Å². The van der Waals surface area contributed by atoms with Gasteiger partial charge in [-0.05, 0) is 43.9 Å². The Hall–Kier alpha value is -0.280. The molecule has 2 nitrogen and oxygen atoms in total.